The third kappa shape index (κ3) is 6.21. The van der Waals surface area contributed by atoms with Gasteiger partial charge in [0.2, 0.25) is 0 Å². The van der Waals surface area contributed by atoms with E-state index in [1.807, 2.05) is 4.90 Å². The van der Waals surface area contributed by atoms with Crippen LogP contribution in [0.3, 0.4) is 0 Å². The van der Waals surface area contributed by atoms with Gasteiger partial charge >= 0.3 is 6.01 Å². The van der Waals surface area contributed by atoms with Gasteiger partial charge in [0, 0.05) is 54.9 Å². The maximum Gasteiger partial charge on any atom is 0.319 e. The van der Waals surface area contributed by atoms with E-state index < -0.39 is 17.2 Å². The second-order valence-corrected chi connectivity index (χ2v) is 15.5. The number of methoxy groups -OCH3 is 1. The Hall–Kier alpha value is -4.15. The van der Waals surface area contributed by atoms with Crippen molar-refractivity contribution in [2.45, 2.75) is 69.6 Å². The molecule has 0 spiro atoms. The van der Waals surface area contributed by atoms with Crippen LogP contribution in [0.2, 0.25) is 0 Å². The van der Waals surface area contributed by atoms with Crippen LogP contribution in [-0.2, 0) is 9.47 Å². The molecule has 2 aromatic heterocycles. The molecule has 2 aromatic carbocycles. The summed E-state index contributed by atoms with van der Waals surface area (Å²) in [6, 6.07) is 6.46. The Balaban J connectivity index is 1.20. The summed E-state index contributed by atoms with van der Waals surface area (Å²) in [5.41, 5.74) is -1.38. The van der Waals surface area contributed by atoms with Crippen molar-refractivity contribution in [1.82, 2.24) is 19.9 Å². The van der Waals surface area contributed by atoms with E-state index in [1.54, 1.807) is 14.0 Å². The number of aromatic hydroxyl groups is 1. The van der Waals surface area contributed by atoms with Crippen LogP contribution in [0.5, 0.6) is 11.8 Å². The van der Waals surface area contributed by atoms with Crippen molar-refractivity contribution in [1.29, 1.82) is 0 Å². The van der Waals surface area contributed by atoms with Gasteiger partial charge in [-0.15, -0.1) is 6.42 Å². The number of nitrogens with zero attached hydrogens (tertiary/aromatic N) is 5. The highest BCUT2D eigenvalue weighted by Gasteiger charge is 2.51. The summed E-state index contributed by atoms with van der Waals surface area (Å²) >= 11 is 0. The average Bonchev–Trinajstić information content (AvgIpc) is 3.46. The second-order valence-electron chi connectivity index (χ2n) is 15.5. The van der Waals surface area contributed by atoms with Gasteiger partial charge in [-0.1, -0.05) is 18.4 Å². The van der Waals surface area contributed by atoms with Crippen molar-refractivity contribution < 1.29 is 33.2 Å². The zero-order valence-corrected chi connectivity index (χ0v) is 29.7. The fourth-order valence-corrected chi connectivity index (χ4v) is 9.38. The van der Waals surface area contributed by atoms with Gasteiger partial charge in [-0.05, 0) is 81.5 Å². The molecule has 2 aliphatic heterocycles. The number of terminal acetylenes is 1. The molecule has 10 nitrogen and oxygen atoms in total. The molecule has 4 fully saturated rings. The highest BCUT2D eigenvalue weighted by molar-refractivity contribution is 6.03. The summed E-state index contributed by atoms with van der Waals surface area (Å²) in [5.74, 6) is 1.78. The normalized spacial score (nSPS) is 28.0. The van der Waals surface area contributed by atoms with Crippen LogP contribution in [0.4, 0.5) is 14.6 Å². The number of aliphatic hydroxyl groups is 1. The van der Waals surface area contributed by atoms with Gasteiger partial charge in [-0.3, -0.25) is 9.88 Å². The number of ether oxygens (including phenoxy) is 3. The van der Waals surface area contributed by atoms with E-state index in [1.165, 1.54) is 30.5 Å². The smallest absolute Gasteiger partial charge is 0.319 e. The molecule has 12 heteroatoms. The lowest BCUT2D eigenvalue weighted by molar-refractivity contribution is -0.0622. The fourth-order valence-electron chi connectivity index (χ4n) is 9.38. The third-order valence-electron chi connectivity index (χ3n) is 11.8. The van der Waals surface area contributed by atoms with Crippen molar-refractivity contribution in [3.8, 4) is 35.4 Å². The highest BCUT2D eigenvalue weighted by Crippen LogP contribution is 2.51. The Morgan fingerprint density at radius 2 is 1.96 bits per heavy atom. The van der Waals surface area contributed by atoms with E-state index in [4.69, 9.17) is 25.6 Å². The number of benzene rings is 2. The van der Waals surface area contributed by atoms with Gasteiger partial charge in [-0.25, -0.2) is 8.78 Å². The number of rotatable bonds is 8. The first-order valence-corrected chi connectivity index (χ1v) is 18.3. The number of aromatic nitrogens is 3. The number of pyridine rings is 1. The molecule has 2 saturated heterocycles. The third-order valence-corrected chi connectivity index (χ3v) is 11.8. The summed E-state index contributed by atoms with van der Waals surface area (Å²) in [4.78, 5) is 18.6. The van der Waals surface area contributed by atoms with Crippen LogP contribution in [0, 0.1) is 35.3 Å². The predicted molar refractivity (Wildman–Crippen MR) is 193 cm³/mol. The highest BCUT2D eigenvalue weighted by atomic mass is 19.1. The standard InChI is InChI=1S/C40H45F2N5O5/c1-4-28-31(41)9-8-25-17-27(48)18-29(33(25)28)35-34(42)36-30(19-43-35)37(46-13-14-51-22-39(2,49)21-46)45-38(44-36)52-23-40-10-5-7-32(40)47(12-6-11-40)26-15-24(16-26)20-50-3/h1,8-9,17-19,24,26,32,48-49H,5-7,10-16,20-23H2,2-3H3. The van der Waals surface area contributed by atoms with Crippen molar-refractivity contribution in [3.63, 3.8) is 0 Å². The molecule has 2 N–H and O–H groups in total. The molecule has 8 rings (SSSR count). The zero-order valence-electron chi connectivity index (χ0n) is 29.7. The predicted octanol–water partition coefficient (Wildman–Crippen LogP) is 5.84. The zero-order chi connectivity index (χ0) is 36.2. The van der Waals surface area contributed by atoms with Crippen molar-refractivity contribution in [2.75, 3.05) is 58.1 Å². The lowest BCUT2D eigenvalue weighted by Gasteiger charge is -2.53. The van der Waals surface area contributed by atoms with E-state index in [0.29, 0.717) is 54.4 Å². The first-order valence-electron chi connectivity index (χ1n) is 18.3. The molecular formula is C40H45F2N5O5. The number of β-amino-alcohol motifs (C(OH)–C–C–N with tert-alkyl or cyclic N) is 1. The second kappa shape index (κ2) is 13.7. The molecule has 2 aliphatic carbocycles. The summed E-state index contributed by atoms with van der Waals surface area (Å²) < 4.78 is 49.7. The first kappa shape index (κ1) is 34.9. The molecule has 0 amide bonds. The van der Waals surface area contributed by atoms with Gasteiger partial charge < -0.3 is 29.3 Å². The lowest BCUT2D eigenvalue weighted by Crippen LogP contribution is -2.58. The Morgan fingerprint density at radius 1 is 1.13 bits per heavy atom. The minimum Gasteiger partial charge on any atom is -0.508 e. The molecule has 2 saturated carbocycles. The van der Waals surface area contributed by atoms with E-state index in [0.717, 1.165) is 58.1 Å². The van der Waals surface area contributed by atoms with Gasteiger partial charge in [0.05, 0.1) is 37.3 Å². The van der Waals surface area contributed by atoms with Gasteiger partial charge in [-0.2, -0.15) is 9.97 Å². The van der Waals surface area contributed by atoms with Crippen LogP contribution in [0.1, 0.15) is 57.4 Å². The molecule has 3 atom stereocenters. The Labute approximate surface area is 302 Å². The van der Waals surface area contributed by atoms with Crippen LogP contribution < -0.4 is 9.64 Å². The van der Waals surface area contributed by atoms with E-state index >= 15 is 4.39 Å². The number of phenolic OH excluding ortho intramolecular Hbond substituents is 1. The first-order chi connectivity index (χ1) is 25.1. The molecule has 0 radical (unpaired) electrons. The number of halogens is 2. The monoisotopic (exact) mass is 713 g/mol. The molecule has 3 unspecified atom stereocenters. The number of piperidine rings is 1. The molecule has 0 bridgehead atoms. The minimum atomic E-state index is -1.19. The number of hydrogen-bond acceptors (Lipinski definition) is 10. The van der Waals surface area contributed by atoms with Crippen molar-refractivity contribution in [3.05, 3.63) is 47.7 Å². The van der Waals surface area contributed by atoms with Crippen molar-refractivity contribution in [2.24, 2.45) is 11.3 Å². The summed E-state index contributed by atoms with van der Waals surface area (Å²) in [5, 5.41) is 22.7. The molecule has 274 valence electrons. The Morgan fingerprint density at radius 3 is 2.77 bits per heavy atom. The molecule has 4 heterocycles. The maximum absolute atomic E-state index is 17.0. The van der Waals surface area contributed by atoms with Crippen LogP contribution in [-0.4, -0.2) is 101 Å². The lowest BCUT2D eigenvalue weighted by atomic mass is 9.71. The number of anilines is 1. The Kier molecular flexibility index (Phi) is 9.18. The summed E-state index contributed by atoms with van der Waals surface area (Å²) in [7, 11) is 1.77. The number of phenols is 1. The van der Waals surface area contributed by atoms with Crippen LogP contribution in [0.15, 0.2) is 30.5 Å². The van der Waals surface area contributed by atoms with Gasteiger partial charge in [0.1, 0.15) is 34.2 Å². The molecule has 4 aromatic rings. The Bertz CT molecular complexity index is 2050. The quantitative estimate of drug-likeness (QED) is 0.216. The van der Waals surface area contributed by atoms with E-state index in [9.17, 15) is 14.6 Å². The van der Waals surface area contributed by atoms with E-state index in [-0.39, 0.29) is 58.1 Å². The maximum atomic E-state index is 17.0. The molecule has 52 heavy (non-hydrogen) atoms. The number of fused-ring (bicyclic) bond motifs is 3. The van der Waals surface area contributed by atoms with Gasteiger partial charge in [0.15, 0.2) is 5.82 Å². The average molecular weight is 714 g/mol. The number of hydrogen-bond donors (Lipinski definition) is 2. The molecule has 4 aliphatic rings. The number of likely N-dealkylation sites (tertiary alicyclic amines) is 1. The van der Waals surface area contributed by atoms with Crippen LogP contribution in [0.25, 0.3) is 32.9 Å². The molecular weight excluding hydrogens is 668 g/mol. The summed E-state index contributed by atoms with van der Waals surface area (Å²) in [6.07, 6.45) is 14.9. The largest absolute Gasteiger partial charge is 0.508 e. The summed E-state index contributed by atoms with van der Waals surface area (Å²) in [6.45, 7) is 5.01. The minimum absolute atomic E-state index is 0.0282. The van der Waals surface area contributed by atoms with E-state index in [2.05, 4.69) is 20.8 Å². The fraction of sp³-hybridized carbons (Fsp3) is 0.525. The SMILES string of the molecule is C#Cc1c(F)ccc2cc(O)cc(-c3ncc4c(N5CCOCC(C)(O)C5)nc(OCC56CCCC5N(C5CC(COC)C5)CCC6)nc4c3F)c12. The van der Waals surface area contributed by atoms with Crippen molar-refractivity contribution >= 4 is 27.5 Å². The topological polar surface area (TPSA) is 113 Å². The van der Waals surface area contributed by atoms with Gasteiger partial charge in [0.25, 0.3) is 0 Å². The van der Waals surface area contributed by atoms with Crippen LogP contribution >= 0.6 is 0 Å².